The Morgan fingerprint density at radius 3 is 2.52 bits per heavy atom. The minimum absolute atomic E-state index is 0.0129. The van der Waals surface area contributed by atoms with E-state index >= 15 is 0 Å². The number of imide groups is 1. The van der Waals surface area contributed by atoms with E-state index in [0.717, 1.165) is 5.01 Å². The average Bonchev–Trinajstić information content (AvgIpc) is 2.69. The molecule has 7 nitrogen and oxygen atoms in total. The molecular formula is C11H10F2N4O3S. The summed E-state index contributed by atoms with van der Waals surface area (Å²) in [6.07, 6.45) is 0. The van der Waals surface area contributed by atoms with Gasteiger partial charge in [0.25, 0.3) is 0 Å². The van der Waals surface area contributed by atoms with Gasteiger partial charge in [-0.25, -0.2) is 9.80 Å². The number of urea groups is 1. The molecule has 21 heavy (non-hydrogen) atoms. The van der Waals surface area contributed by atoms with Gasteiger partial charge in [-0.3, -0.25) is 15.5 Å². The van der Waals surface area contributed by atoms with Crippen molar-refractivity contribution in [2.24, 2.45) is 0 Å². The predicted molar refractivity (Wildman–Crippen MR) is 72.7 cm³/mol. The lowest BCUT2D eigenvalue weighted by atomic mass is 10.3. The van der Waals surface area contributed by atoms with Gasteiger partial charge >= 0.3 is 12.6 Å². The van der Waals surface area contributed by atoms with Crippen LogP contribution in [0.25, 0.3) is 0 Å². The Kier molecular flexibility index (Phi) is 4.48. The molecule has 0 bridgehead atoms. The van der Waals surface area contributed by atoms with Crippen molar-refractivity contribution in [1.82, 2.24) is 15.8 Å². The van der Waals surface area contributed by atoms with Crippen LogP contribution >= 0.6 is 12.2 Å². The highest BCUT2D eigenvalue weighted by atomic mass is 32.1. The van der Waals surface area contributed by atoms with Crippen molar-refractivity contribution in [3.63, 3.8) is 0 Å². The zero-order valence-electron chi connectivity index (χ0n) is 10.4. The molecule has 10 heteroatoms. The van der Waals surface area contributed by atoms with Crippen LogP contribution < -0.4 is 20.8 Å². The summed E-state index contributed by atoms with van der Waals surface area (Å²) in [5.74, 6) is -0.428. The summed E-state index contributed by atoms with van der Waals surface area (Å²) in [7, 11) is 0. The highest BCUT2D eigenvalue weighted by Gasteiger charge is 2.27. The first-order valence-corrected chi connectivity index (χ1v) is 6.09. The summed E-state index contributed by atoms with van der Waals surface area (Å²) >= 11 is 4.96. The Morgan fingerprint density at radius 1 is 1.33 bits per heavy atom. The molecule has 1 saturated heterocycles. The summed E-state index contributed by atoms with van der Waals surface area (Å²) < 4.78 is 28.2. The number of hydrazine groups is 1. The van der Waals surface area contributed by atoms with Crippen molar-refractivity contribution in [1.29, 1.82) is 0 Å². The number of carbonyl (C=O) groups is 2. The molecule has 1 heterocycles. The van der Waals surface area contributed by atoms with Gasteiger partial charge in [-0.05, 0) is 36.5 Å². The van der Waals surface area contributed by atoms with Gasteiger partial charge in [0, 0.05) is 5.69 Å². The number of nitrogens with one attached hydrogen (secondary N) is 3. The van der Waals surface area contributed by atoms with Crippen molar-refractivity contribution in [3.05, 3.63) is 24.3 Å². The van der Waals surface area contributed by atoms with Gasteiger partial charge in [0.05, 0.1) is 0 Å². The zero-order chi connectivity index (χ0) is 15.4. The molecule has 0 spiro atoms. The fourth-order valence-electron chi connectivity index (χ4n) is 1.53. The third-order valence-corrected chi connectivity index (χ3v) is 2.56. The highest BCUT2D eigenvalue weighted by molar-refractivity contribution is 7.80. The second-order valence-electron chi connectivity index (χ2n) is 3.91. The van der Waals surface area contributed by atoms with Crippen molar-refractivity contribution < 1.29 is 23.1 Å². The van der Waals surface area contributed by atoms with Crippen molar-refractivity contribution in [3.8, 4) is 5.75 Å². The second kappa shape index (κ2) is 6.31. The molecule has 0 atom stereocenters. The van der Waals surface area contributed by atoms with Gasteiger partial charge in [-0.1, -0.05) is 0 Å². The van der Waals surface area contributed by atoms with E-state index in [0.29, 0.717) is 5.69 Å². The summed E-state index contributed by atoms with van der Waals surface area (Å²) in [5.41, 5.74) is 3.02. The number of anilines is 1. The van der Waals surface area contributed by atoms with E-state index in [1.54, 1.807) is 0 Å². The van der Waals surface area contributed by atoms with E-state index in [2.05, 4.69) is 20.8 Å². The number of carbonyl (C=O) groups excluding carboxylic acids is 2. The van der Waals surface area contributed by atoms with E-state index in [-0.39, 0.29) is 17.4 Å². The van der Waals surface area contributed by atoms with Crippen molar-refractivity contribution >= 4 is 35.0 Å². The van der Waals surface area contributed by atoms with Crippen LogP contribution in [0.3, 0.4) is 0 Å². The zero-order valence-corrected chi connectivity index (χ0v) is 11.2. The molecule has 3 N–H and O–H groups in total. The van der Waals surface area contributed by atoms with E-state index < -0.39 is 18.5 Å². The number of alkyl halides is 2. The number of thiocarbonyl (C=S) groups is 1. The molecular weight excluding hydrogens is 306 g/mol. The normalized spacial score (nSPS) is 14.1. The largest absolute Gasteiger partial charge is 0.435 e. The van der Waals surface area contributed by atoms with E-state index in [1.165, 1.54) is 24.3 Å². The number of rotatable bonds is 4. The number of ether oxygens (including phenoxy) is 1. The fraction of sp³-hybridized carbons (Fsp3) is 0.182. The van der Waals surface area contributed by atoms with Crippen LogP contribution in [0.1, 0.15) is 0 Å². The van der Waals surface area contributed by atoms with Crippen LogP contribution in [0.15, 0.2) is 24.3 Å². The Bertz CT molecular complexity index is 567. The number of amides is 3. The molecule has 112 valence electrons. The van der Waals surface area contributed by atoms with Gasteiger partial charge in [0.2, 0.25) is 5.91 Å². The van der Waals surface area contributed by atoms with Gasteiger partial charge in [-0.15, -0.1) is 0 Å². The van der Waals surface area contributed by atoms with E-state index in [9.17, 15) is 18.4 Å². The molecule has 2 rings (SSSR count). The van der Waals surface area contributed by atoms with Crippen LogP contribution in [-0.2, 0) is 4.79 Å². The lowest BCUT2D eigenvalue weighted by molar-refractivity contribution is -0.118. The van der Waals surface area contributed by atoms with Crippen molar-refractivity contribution in [2.75, 3.05) is 11.9 Å². The molecule has 0 radical (unpaired) electrons. The van der Waals surface area contributed by atoms with Gasteiger partial charge in [-0.2, -0.15) is 8.78 Å². The summed E-state index contributed by atoms with van der Waals surface area (Å²) in [5, 5.41) is 5.88. The molecule has 1 aliphatic heterocycles. The second-order valence-corrected chi connectivity index (χ2v) is 4.32. The van der Waals surface area contributed by atoms with Gasteiger partial charge in [0.1, 0.15) is 12.3 Å². The first-order valence-electron chi connectivity index (χ1n) is 5.68. The minimum atomic E-state index is -2.89. The van der Waals surface area contributed by atoms with Crippen LogP contribution in [0.5, 0.6) is 5.75 Å². The molecule has 1 aliphatic rings. The maximum Gasteiger partial charge on any atom is 0.387 e. The topological polar surface area (TPSA) is 82.7 Å². The fourth-order valence-corrected chi connectivity index (χ4v) is 1.76. The minimum Gasteiger partial charge on any atom is -0.435 e. The lowest BCUT2D eigenvalue weighted by Gasteiger charge is -2.17. The average molecular weight is 316 g/mol. The highest BCUT2D eigenvalue weighted by Crippen LogP contribution is 2.17. The monoisotopic (exact) mass is 316 g/mol. The predicted octanol–water partition coefficient (Wildman–Crippen LogP) is 1.04. The Labute approximate surface area is 123 Å². The van der Waals surface area contributed by atoms with Crippen LogP contribution in [-0.4, -0.2) is 35.2 Å². The SMILES string of the molecule is O=C1CN(NC(=S)Nc2ccc(OC(F)F)cc2)C(=O)N1. The standard InChI is InChI=1S/C11H10F2N4O3S/c12-9(13)20-7-3-1-6(2-4-7)14-10(21)16-17-5-8(18)15-11(17)19/h1-4,9H,5H2,(H2,14,16,21)(H,15,18,19). The molecule has 3 amide bonds. The Balaban J connectivity index is 1.88. The molecule has 0 aliphatic carbocycles. The van der Waals surface area contributed by atoms with Gasteiger partial charge < -0.3 is 10.1 Å². The quantitative estimate of drug-likeness (QED) is 0.569. The van der Waals surface area contributed by atoms with Crippen LogP contribution in [0.4, 0.5) is 19.3 Å². The third-order valence-electron chi connectivity index (χ3n) is 2.37. The molecule has 0 saturated carbocycles. The summed E-state index contributed by atoms with van der Waals surface area (Å²) in [6.45, 7) is -3.04. The Hall–Kier alpha value is -2.49. The maximum absolute atomic E-state index is 12.0. The molecule has 0 unspecified atom stereocenters. The number of hydrogen-bond acceptors (Lipinski definition) is 4. The maximum atomic E-state index is 12.0. The van der Waals surface area contributed by atoms with E-state index in [1.807, 2.05) is 0 Å². The number of nitrogens with zero attached hydrogens (tertiary/aromatic N) is 1. The molecule has 0 aromatic heterocycles. The van der Waals surface area contributed by atoms with Crippen LogP contribution in [0, 0.1) is 0 Å². The molecule has 1 fully saturated rings. The molecule has 1 aromatic carbocycles. The van der Waals surface area contributed by atoms with E-state index in [4.69, 9.17) is 12.2 Å². The smallest absolute Gasteiger partial charge is 0.387 e. The summed E-state index contributed by atoms with van der Waals surface area (Å²) in [4.78, 5) is 22.3. The summed E-state index contributed by atoms with van der Waals surface area (Å²) in [6, 6.07) is 5.01. The first kappa shape index (κ1) is 14.9. The molecule has 1 aromatic rings. The first-order chi connectivity index (χ1) is 9.94. The third kappa shape index (κ3) is 4.24. The number of hydrogen-bond donors (Lipinski definition) is 3. The van der Waals surface area contributed by atoms with Crippen LogP contribution in [0.2, 0.25) is 0 Å². The number of halogens is 2. The Morgan fingerprint density at radius 2 is 2.00 bits per heavy atom. The van der Waals surface area contributed by atoms with Crippen molar-refractivity contribution in [2.45, 2.75) is 6.61 Å². The lowest BCUT2D eigenvalue weighted by Crippen LogP contribution is -2.45. The van der Waals surface area contributed by atoms with Gasteiger partial charge in [0.15, 0.2) is 5.11 Å². The number of benzene rings is 1.